The quantitative estimate of drug-likeness (QED) is 0.766. The number of carboxylic acids is 1. The number of carboxylic acid groups (broad SMARTS) is 1. The highest BCUT2D eigenvalue weighted by Crippen LogP contribution is 2.30. The van der Waals surface area contributed by atoms with E-state index in [0.717, 1.165) is 17.7 Å². The van der Waals surface area contributed by atoms with Crippen molar-refractivity contribution in [2.75, 3.05) is 6.61 Å². The average molecular weight is 245 g/mol. The third-order valence-electron chi connectivity index (χ3n) is 2.34. The molecule has 17 heavy (non-hydrogen) atoms. The summed E-state index contributed by atoms with van der Waals surface area (Å²) < 4.78 is 5.15. The number of aliphatic hydroxyl groups is 1. The highest BCUT2D eigenvalue weighted by Gasteiger charge is 2.42. The Morgan fingerprint density at radius 3 is 2.24 bits per heavy atom. The minimum absolute atomic E-state index is 0.127. The van der Waals surface area contributed by atoms with Gasteiger partial charge in [0.2, 0.25) is 0 Å². The van der Waals surface area contributed by atoms with E-state index in [-0.39, 0.29) is 6.04 Å². The van der Waals surface area contributed by atoms with Gasteiger partial charge < -0.3 is 14.9 Å². The molecule has 0 aliphatic heterocycles. The van der Waals surface area contributed by atoms with E-state index in [1.165, 1.54) is 0 Å². The number of nitrogens with zero attached hydrogens (tertiary/aromatic N) is 1. The Balaban J connectivity index is 2.78. The lowest BCUT2D eigenvalue weighted by atomic mass is 10.2. The van der Waals surface area contributed by atoms with Gasteiger partial charge in [-0.25, -0.2) is 9.59 Å². The van der Waals surface area contributed by atoms with Crippen molar-refractivity contribution < 1.29 is 24.5 Å². The number of amides is 1. The SMILES string of the molecule is CC(C)(C)OC(=O)N(C1CC1)C(CO)C(=O)O. The molecule has 1 atom stereocenters. The second-order valence-corrected chi connectivity index (χ2v) is 5.16. The fraction of sp³-hybridized carbons (Fsp3) is 0.818. The molecule has 1 unspecified atom stereocenters. The zero-order valence-electron chi connectivity index (χ0n) is 10.3. The van der Waals surface area contributed by atoms with Gasteiger partial charge in [-0.2, -0.15) is 0 Å². The number of carbonyl (C=O) groups is 2. The summed E-state index contributed by atoms with van der Waals surface area (Å²) in [6, 6.07) is -1.35. The van der Waals surface area contributed by atoms with Crippen LogP contribution in [0.5, 0.6) is 0 Å². The van der Waals surface area contributed by atoms with Crippen LogP contribution in [0.25, 0.3) is 0 Å². The highest BCUT2D eigenvalue weighted by molar-refractivity contribution is 5.80. The Labute approximate surface area is 100 Å². The third-order valence-corrected chi connectivity index (χ3v) is 2.34. The summed E-state index contributed by atoms with van der Waals surface area (Å²) in [7, 11) is 0. The summed E-state index contributed by atoms with van der Waals surface area (Å²) in [5.74, 6) is -1.22. The van der Waals surface area contributed by atoms with Crippen LogP contribution in [-0.4, -0.2) is 51.5 Å². The third kappa shape index (κ3) is 3.89. The first-order chi connectivity index (χ1) is 7.76. The molecule has 98 valence electrons. The van der Waals surface area contributed by atoms with Crippen LogP contribution in [0.15, 0.2) is 0 Å². The molecule has 0 aromatic rings. The molecule has 1 rings (SSSR count). The van der Waals surface area contributed by atoms with Crippen LogP contribution in [0.1, 0.15) is 33.6 Å². The Morgan fingerprint density at radius 1 is 1.41 bits per heavy atom. The molecule has 0 aromatic heterocycles. The molecule has 0 radical (unpaired) electrons. The zero-order valence-corrected chi connectivity index (χ0v) is 10.3. The van der Waals surface area contributed by atoms with Gasteiger partial charge >= 0.3 is 12.1 Å². The second-order valence-electron chi connectivity index (χ2n) is 5.16. The van der Waals surface area contributed by atoms with Crippen molar-refractivity contribution in [2.45, 2.75) is 51.3 Å². The number of rotatable bonds is 4. The topological polar surface area (TPSA) is 87.1 Å². The normalized spacial score (nSPS) is 17.4. The predicted octanol–water partition coefficient (Wildman–Crippen LogP) is 0.831. The lowest BCUT2D eigenvalue weighted by Crippen LogP contribution is -2.50. The lowest BCUT2D eigenvalue weighted by Gasteiger charge is -2.30. The van der Waals surface area contributed by atoms with Gasteiger partial charge in [0.05, 0.1) is 6.61 Å². The predicted molar refractivity (Wildman–Crippen MR) is 59.6 cm³/mol. The molecule has 0 heterocycles. The number of hydrogen-bond acceptors (Lipinski definition) is 4. The van der Waals surface area contributed by atoms with Gasteiger partial charge in [-0.05, 0) is 33.6 Å². The van der Waals surface area contributed by atoms with E-state index in [1.54, 1.807) is 20.8 Å². The van der Waals surface area contributed by atoms with Crippen molar-refractivity contribution in [3.63, 3.8) is 0 Å². The van der Waals surface area contributed by atoms with Crippen molar-refractivity contribution in [1.29, 1.82) is 0 Å². The standard InChI is InChI=1S/C11H19NO5/c1-11(2,3)17-10(16)12(7-4-5-7)8(6-13)9(14)15/h7-8,13H,4-6H2,1-3H3,(H,14,15). The summed E-state index contributed by atoms with van der Waals surface area (Å²) in [6.07, 6.45) is 0.827. The van der Waals surface area contributed by atoms with Gasteiger partial charge in [-0.3, -0.25) is 4.90 Å². The molecular formula is C11H19NO5. The first kappa shape index (κ1) is 13.8. The Morgan fingerprint density at radius 2 is 1.94 bits per heavy atom. The van der Waals surface area contributed by atoms with Crippen LogP contribution >= 0.6 is 0 Å². The summed E-state index contributed by atoms with van der Waals surface area (Å²) in [5, 5.41) is 18.0. The molecule has 1 amide bonds. The molecule has 1 aliphatic carbocycles. The number of carbonyl (C=O) groups excluding carboxylic acids is 1. The highest BCUT2D eigenvalue weighted by atomic mass is 16.6. The monoisotopic (exact) mass is 245 g/mol. The van der Waals surface area contributed by atoms with E-state index >= 15 is 0 Å². The van der Waals surface area contributed by atoms with E-state index in [1.807, 2.05) is 0 Å². The van der Waals surface area contributed by atoms with Crippen LogP contribution in [0.2, 0.25) is 0 Å². The summed E-state index contributed by atoms with van der Waals surface area (Å²) in [5.41, 5.74) is -0.678. The molecular weight excluding hydrogens is 226 g/mol. The van der Waals surface area contributed by atoms with Crippen LogP contribution in [0, 0.1) is 0 Å². The molecule has 6 heteroatoms. The van der Waals surface area contributed by atoms with E-state index in [9.17, 15) is 9.59 Å². The van der Waals surface area contributed by atoms with Crippen molar-refractivity contribution in [3.05, 3.63) is 0 Å². The molecule has 1 saturated carbocycles. The molecule has 0 aromatic carbocycles. The van der Waals surface area contributed by atoms with Gasteiger partial charge in [0.1, 0.15) is 5.60 Å². The number of ether oxygens (including phenoxy) is 1. The second kappa shape index (κ2) is 4.91. The van der Waals surface area contributed by atoms with Crippen molar-refractivity contribution in [1.82, 2.24) is 4.90 Å². The molecule has 0 saturated heterocycles. The lowest BCUT2D eigenvalue weighted by molar-refractivity contribution is -0.145. The van der Waals surface area contributed by atoms with Gasteiger partial charge in [-0.1, -0.05) is 0 Å². The van der Waals surface area contributed by atoms with Gasteiger partial charge in [0.25, 0.3) is 0 Å². The zero-order chi connectivity index (χ0) is 13.2. The maximum Gasteiger partial charge on any atom is 0.411 e. The fourth-order valence-corrected chi connectivity index (χ4v) is 1.48. The van der Waals surface area contributed by atoms with Crippen LogP contribution < -0.4 is 0 Å². The first-order valence-electron chi connectivity index (χ1n) is 5.61. The van der Waals surface area contributed by atoms with Crippen LogP contribution in [0.4, 0.5) is 4.79 Å². The maximum absolute atomic E-state index is 11.9. The molecule has 1 aliphatic rings. The summed E-state index contributed by atoms with van der Waals surface area (Å²) in [4.78, 5) is 24.0. The van der Waals surface area contributed by atoms with Gasteiger partial charge in [-0.15, -0.1) is 0 Å². The summed E-state index contributed by atoms with van der Waals surface area (Å²) >= 11 is 0. The molecule has 2 N–H and O–H groups in total. The van der Waals surface area contributed by atoms with Crippen molar-refractivity contribution in [3.8, 4) is 0 Å². The Bertz CT molecular complexity index is 305. The number of hydrogen-bond donors (Lipinski definition) is 2. The van der Waals surface area contributed by atoms with Crippen molar-refractivity contribution in [2.24, 2.45) is 0 Å². The minimum atomic E-state index is -1.22. The molecule has 1 fully saturated rings. The largest absolute Gasteiger partial charge is 0.480 e. The average Bonchev–Trinajstić information content (AvgIpc) is 2.93. The Hall–Kier alpha value is -1.30. The van der Waals surface area contributed by atoms with Crippen LogP contribution in [-0.2, 0) is 9.53 Å². The minimum Gasteiger partial charge on any atom is -0.480 e. The van der Waals surface area contributed by atoms with Crippen molar-refractivity contribution >= 4 is 12.1 Å². The van der Waals surface area contributed by atoms with Crippen LogP contribution in [0.3, 0.4) is 0 Å². The summed E-state index contributed by atoms with van der Waals surface area (Å²) in [6.45, 7) is 4.53. The van der Waals surface area contributed by atoms with E-state index < -0.39 is 30.3 Å². The van der Waals surface area contributed by atoms with Gasteiger partial charge in [0.15, 0.2) is 6.04 Å². The number of aliphatic carboxylic acids is 1. The first-order valence-corrected chi connectivity index (χ1v) is 5.61. The number of aliphatic hydroxyl groups excluding tert-OH is 1. The Kier molecular flexibility index (Phi) is 3.98. The van der Waals surface area contributed by atoms with E-state index in [4.69, 9.17) is 14.9 Å². The molecule has 6 nitrogen and oxygen atoms in total. The maximum atomic E-state index is 11.9. The van der Waals surface area contributed by atoms with Gasteiger partial charge in [0, 0.05) is 6.04 Å². The molecule has 0 spiro atoms. The molecule has 0 bridgehead atoms. The van der Waals surface area contributed by atoms with E-state index in [0.29, 0.717) is 0 Å². The van der Waals surface area contributed by atoms with E-state index in [2.05, 4.69) is 0 Å². The smallest absolute Gasteiger partial charge is 0.411 e. The fourth-order valence-electron chi connectivity index (χ4n) is 1.48.